The Morgan fingerprint density at radius 1 is 1.25 bits per heavy atom. The molecule has 0 fully saturated rings. The first-order valence-corrected chi connectivity index (χ1v) is 7.06. The second-order valence-corrected chi connectivity index (χ2v) is 5.16. The maximum absolute atomic E-state index is 12.8. The zero-order valence-electron chi connectivity index (χ0n) is 12.9. The summed E-state index contributed by atoms with van der Waals surface area (Å²) >= 11 is 0. The van der Waals surface area contributed by atoms with E-state index in [2.05, 4.69) is 11.9 Å². The molecule has 0 aliphatic carbocycles. The Kier molecular flexibility index (Phi) is 4.96. The molecule has 1 aromatic heterocycles. The van der Waals surface area contributed by atoms with Gasteiger partial charge in [-0.05, 0) is 17.7 Å². The standard InChI is InChI=1S/C16H16F3N3O2/c1-3-7-20-13-9-14(23)21(2)15(24)22(13)10-11-5-4-6-12(8-11)16(17,18)19/h3-6,8-9,20H,1,7,10H2,2H3. The summed E-state index contributed by atoms with van der Waals surface area (Å²) in [5, 5.41) is 2.85. The second-order valence-electron chi connectivity index (χ2n) is 5.16. The highest BCUT2D eigenvalue weighted by Crippen LogP contribution is 2.29. The first-order valence-electron chi connectivity index (χ1n) is 7.06. The van der Waals surface area contributed by atoms with Gasteiger partial charge in [0.1, 0.15) is 5.82 Å². The summed E-state index contributed by atoms with van der Waals surface area (Å²) in [6.07, 6.45) is -2.93. The van der Waals surface area contributed by atoms with Crippen molar-refractivity contribution in [3.63, 3.8) is 0 Å². The van der Waals surface area contributed by atoms with Gasteiger partial charge >= 0.3 is 11.9 Å². The summed E-state index contributed by atoms with van der Waals surface area (Å²) in [6.45, 7) is 3.73. The summed E-state index contributed by atoms with van der Waals surface area (Å²) in [4.78, 5) is 24.0. The lowest BCUT2D eigenvalue weighted by atomic mass is 10.1. The Morgan fingerprint density at radius 3 is 2.58 bits per heavy atom. The van der Waals surface area contributed by atoms with Crippen LogP contribution >= 0.6 is 0 Å². The summed E-state index contributed by atoms with van der Waals surface area (Å²) in [5.41, 5.74) is -1.62. The number of anilines is 1. The van der Waals surface area contributed by atoms with Gasteiger partial charge < -0.3 is 5.32 Å². The van der Waals surface area contributed by atoms with Crippen LogP contribution in [0.5, 0.6) is 0 Å². The number of aromatic nitrogens is 2. The summed E-state index contributed by atoms with van der Waals surface area (Å²) in [5.74, 6) is 0.223. The molecule has 0 atom stereocenters. The Balaban J connectivity index is 2.49. The molecule has 0 spiro atoms. The van der Waals surface area contributed by atoms with Gasteiger partial charge in [0.2, 0.25) is 0 Å². The fourth-order valence-electron chi connectivity index (χ4n) is 2.17. The van der Waals surface area contributed by atoms with E-state index in [4.69, 9.17) is 0 Å². The van der Waals surface area contributed by atoms with Crippen LogP contribution < -0.4 is 16.6 Å². The molecule has 8 heteroatoms. The number of hydrogen-bond acceptors (Lipinski definition) is 3. The Morgan fingerprint density at radius 2 is 1.96 bits per heavy atom. The molecule has 0 amide bonds. The molecule has 128 valence electrons. The number of nitrogens with one attached hydrogen (secondary N) is 1. The Hall–Kier alpha value is -2.77. The van der Waals surface area contributed by atoms with Crippen LogP contribution in [-0.2, 0) is 19.8 Å². The van der Waals surface area contributed by atoms with Crippen molar-refractivity contribution in [3.05, 3.63) is 75.0 Å². The molecule has 0 radical (unpaired) electrons. The third-order valence-corrected chi connectivity index (χ3v) is 3.42. The number of rotatable bonds is 5. The van der Waals surface area contributed by atoms with E-state index in [0.29, 0.717) is 12.1 Å². The Labute approximate surface area is 135 Å². The summed E-state index contributed by atoms with van der Waals surface area (Å²) in [6, 6.07) is 5.93. The lowest BCUT2D eigenvalue weighted by Gasteiger charge is -2.15. The number of nitrogens with zero attached hydrogens (tertiary/aromatic N) is 2. The van der Waals surface area contributed by atoms with E-state index in [0.717, 1.165) is 16.7 Å². The molecule has 0 aliphatic heterocycles. The summed E-state index contributed by atoms with van der Waals surface area (Å²) < 4.78 is 40.5. The SMILES string of the molecule is C=CCNc1cc(=O)n(C)c(=O)n1Cc1cccc(C(F)(F)F)c1. The van der Waals surface area contributed by atoms with Crippen molar-refractivity contribution in [1.82, 2.24) is 9.13 Å². The number of halogens is 3. The molecular weight excluding hydrogens is 323 g/mol. The molecule has 0 bridgehead atoms. The molecule has 24 heavy (non-hydrogen) atoms. The van der Waals surface area contributed by atoms with E-state index in [1.54, 1.807) is 0 Å². The summed E-state index contributed by atoms with van der Waals surface area (Å²) in [7, 11) is 1.31. The van der Waals surface area contributed by atoms with Gasteiger partial charge in [0, 0.05) is 19.7 Å². The molecule has 1 aromatic carbocycles. The average Bonchev–Trinajstić information content (AvgIpc) is 2.53. The van der Waals surface area contributed by atoms with E-state index < -0.39 is 23.0 Å². The molecule has 1 N–H and O–H groups in total. The van der Waals surface area contributed by atoms with Crippen LogP contribution in [0.1, 0.15) is 11.1 Å². The largest absolute Gasteiger partial charge is 0.416 e. The predicted octanol–water partition coefficient (Wildman–Crippen LogP) is 2.21. The van der Waals surface area contributed by atoms with E-state index in [1.165, 1.54) is 35.9 Å². The van der Waals surface area contributed by atoms with Gasteiger partial charge in [0.05, 0.1) is 12.1 Å². The maximum Gasteiger partial charge on any atom is 0.416 e. The molecule has 0 aliphatic rings. The zero-order chi connectivity index (χ0) is 17.9. The van der Waals surface area contributed by atoms with E-state index in [1.807, 2.05) is 0 Å². The predicted molar refractivity (Wildman–Crippen MR) is 85.2 cm³/mol. The second kappa shape index (κ2) is 6.77. The smallest absolute Gasteiger partial charge is 0.368 e. The number of hydrogen-bond donors (Lipinski definition) is 1. The van der Waals surface area contributed by atoms with Crippen molar-refractivity contribution >= 4 is 5.82 Å². The Bertz CT molecular complexity index is 866. The van der Waals surface area contributed by atoms with Gasteiger partial charge in [-0.15, -0.1) is 6.58 Å². The van der Waals surface area contributed by atoms with Crippen LogP contribution in [-0.4, -0.2) is 15.7 Å². The lowest BCUT2D eigenvalue weighted by Crippen LogP contribution is -2.39. The topological polar surface area (TPSA) is 56.0 Å². The molecule has 2 rings (SSSR count). The fourth-order valence-corrected chi connectivity index (χ4v) is 2.17. The van der Waals surface area contributed by atoms with Crippen LogP contribution in [0.2, 0.25) is 0 Å². The van der Waals surface area contributed by atoms with Crippen molar-refractivity contribution in [2.75, 3.05) is 11.9 Å². The molecule has 0 saturated carbocycles. The monoisotopic (exact) mass is 339 g/mol. The minimum atomic E-state index is -4.46. The van der Waals surface area contributed by atoms with E-state index >= 15 is 0 Å². The van der Waals surface area contributed by atoms with Crippen molar-refractivity contribution < 1.29 is 13.2 Å². The first-order chi connectivity index (χ1) is 11.2. The van der Waals surface area contributed by atoms with Crippen molar-refractivity contribution in [1.29, 1.82) is 0 Å². The van der Waals surface area contributed by atoms with Crippen LogP contribution in [0, 0.1) is 0 Å². The molecule has 1 heterocycles. The zero-order valence-corrected chi connectivity index (χ0v) is 12.9. The molecule has 5 nitrogen and oxygen atoms in total. The number of benzene rings is 1. The van der Waals surface area contributed by atoms with Gasteiger partial charge in [0.25, 0.3) is 5.56 Å². The van der Waals surface area contributed by atoms with Crippen molar-refractivity contribution in [2.24, 2.45) is 7.05 Å². The molecule has 2 aromatic rings. The van der Waals surface area contributed by atoms with E-state index in [-0.39, 0.29) is 12.4 Å². The van der Waals surface area contributed by atoms with Crippen LogP contribution in [0.25, 0.3) is 0 Å². The van der Waals surface area contributed by atoms with Crippen molar-refractivity contribution in [3.8, 4) is 0 Å². The van der Waals surface area contributed by atoms with Gasteiger partial charge in [-0.3, -0.25) is 13.9 Å². The van der Waals surface area contributed by atoms with E-state index in [9.17, 15) is 22.8 Å². The van der Waals surface area contributed by atoms with Crippen LogP contribution in [0.15, 0.2) is 52.6 Å². The van der Waals surface area contributed by atoms with Gasteiger partial charge in [-0.1, -0.05) is 18.2 Å². The molecular formula is C16H16F3N3O2. The normalized spacial score (nSPS) is 11.3. The van der Waals surface area contributed by atoms with Gasteiger partial charge in [-0.25, -0.2) is 4.79 Å². The van der Waals surface area contributed by atoms with Gasteiger partial charge in [0.15, 0.2) is 0 Å². The molecule has 0 saturated heterocycles. The molecule has 0 unspecified atom stereocenters. The highest BCUT2D eigenvalue weighted by atomic mass is 19.4. The minimum absolute atomic E-state index is 0.101. The lowest BCUT2D eigenvalue weighted by molar-refractivity contribution is -0.137. The van der Waals surface area contributed by atoms with Gasteiger partial charge in [-0.2, -0.15) is 13.2 Å². The highest BCUT2D eigenvalue weighted by Gasteiger charge is 2.30. The van der Waals surface area contributed by atoms with Crippen LogP contribution in [0.4, 0.5) is 19.0 Å². The average molecular weight is 339 g/mol. The highest BCUT2D eigenvalue weighted by molar-refractivity contribution is 5.36. The van der Waals surface area contributed by atoms with Crippen LogP contribution in [0.3, 0.4) is 0 Å². The third kappa shape index (κ3) is 3.76. The minimum Gasteiger partial charge on any atom is -0.368 e. The fraction of sp³-hybridized carbons (Fsp3) is 0.250. The first kappa shape index (κ1) is 17.6. The third-order valence-electron chi connectivity index (χ3n) is 3.42. The maximum atomic E-state index is 12.8. The number of alkyl halides is 3. The van der Waals surface area contributed by atoms with Crippen molar-refractivity contribution in [2.45, 2.75) is 12.7 Å². The quantitative estimate of drug-likeness (QED) is 0.850.